The predicted octanol–water partition coefficient (Wildman–Crippen LogP) is 2.10. The van der Waals surface area contributed by atoms with Crippen LogP contribution in [0, 0.1) is 0 Å². The zero-order valence-electron chi connectivity index (χ0n) is 11.5. The van der Waals surface area contributed by atoms with E-state index in [2.05, 4.69) is 29.5 Å². The second-order valence-electron chi connectivity index (χ2n) is 5.85. The molecule has 0 bridgehead atoms. The summed E-state index contributed by atoms with van der Waals surface area (Å²) in [6.07, 6.45) is 8.08. The first-order chi connectivity index (χ1) is 8.69. The minimum absolute atomic E-state index is 0.367. The first-order valence-corrected chi connectivity index (χ1v) is 7.29. The molecule has 18 heavy (non-hydrogen) atoms. The van der Waals surface area contributed by atoms with E-state index in [0.717, 1.165) is 25.8 Å². The first-order valence-electron chi connectivity index (χ1n) is 7.29. The Morgan fingerprint density at radius 1 is 1.39 bits per heavy atom. The average molecular weight is 248 g/mol. The number of imidazole rings is 1. The van der Waals surface area contributed by atoms with Gasteiger partial charge in [-0.05, 0) is 39.0 Å². The molecule has 4 nitrogen and oxygen atoms in total. The van der Waals surface area contributed by atoms with E-state index >= 15 is 0 Å². The summed E-state index contributed by atoms with van der Waals surface area (Å²) in [6, 6.07) is 1.58. The van der Waals surface area contributed by atoms with Gasteiger partial charge in [-0.1, -0.05) is 6.92 Å². The maximum Gasteiger partial charge on any atom is 0.206 e. The summed E-state index contributed by atoms with van der Waals surface area (Å²) in [6.45, 7) is 5.50. The van der Waals surface area contributed by atoms with Gasteiger partial charge in [0.1, 0.15) is 0 Å². The van der Waals surface area contributed by atoms with Crippen LogP contribution >= 0.6 is 0 Å². The maximum absolute atomic E-state index is 6.05. The molecule has 1 aliphatic heterocycles. The van der Waals surface area contributed by atoms with E-state index in [1.807, 2.05) is 0 Å². The van der Waals surface area contributed by atoms with Gasteiger partial charge in [0.05, 0.1) is 5.69 Å². The zero-order valence-corrected chi connectivity index (χ0v) is 11.5. The minimum atomic E-state index is 0.367. The van der Waals surface area contributed by atoms with Crippen molar-refractivity contribution in [3.05, 3.63) is 11.9 Å². The van der Waals surface area contributed by atoms with Gasteiger partial charge < -0.3 is 15.2 Å². The molecule has 0 aromatic carbocycles. The highest BCUT2D eigenvalue weighted by Gasteiger charge is 2.32. The SMILES string of the molecule is CCc1cn(C2CC2)c(N2CCC(N)CC2C)n1. The Bertz CT molecular complexity index is 421. The Kier molecular flexibility index (Phi) is 3.06. The highest BCUT2D eigenvalue weighted by atomic mass is 15.3. The van der Waals surface area contributed by atoms with Gasteiger partial charge >= 0.3 is 0 Å². The third-order valence-corrected chi connectivity index (χ3v) is 4.24. The Morgan fingerprint density at radius 2 is 2.17 bits per heavy atom. The molecular formula is C14H24N4. The van der Waals surface area contributed by atoms with Crippen LogP contribution in [0.5, 0.6) is 0 Å². The molecule has 3 rings (SSSR count). The Hall–Kier alpha value is -1.03. The quantitative estimate of drug-likeness (QED) is 0.891. The van der Waals surface area contributed by atoms with Crippen molar-refractivity contribution in [1.29, 1.82) is 0 Å². The molecule has 1 aromatic rings. The Balaban J connectivity index is 1.88. The fourth-order valence-electron chi connectivity index (χ4n) is 2.94. The monoisotopic (exact) mass is 248 g/mol. The van der Waals surface area contributed by atoms with Crippen molar-refractivity contribution in [2.45, 2.75) is 64.1 Å². The molecule has 100 valence electrons. The molecule has 1 aromatic heterocycles. The third-order valence-electron chi connectivity index (χ3n) is 4.24. The van der Waals surface area contributed by atoms with Crippen LogP contribution in [-0.4, -0.2) is 28.2 Å². The molecular weight excluding hydrogens is 224 g/mol. The smallest absolute Gasteiger partial charge is 0.206 e. The van der Waals surface area contributed by atoms with E-state index in [4.69, 9.17) is 10.7 Å². The minimum Gasteiger partial charge on any atom is -0.339 e. The molecule has 1 saturated carbocycles. The second kappa shape index (κ2) is 4.57. The van der Waals surface area contributed by atoms with Crippen LogP contribution in [0.15, 0.2) is 6.20 Å². The number of hydrogen-bond donors (Lipinski definition) is 1. The predicted molar refractivity (Wildman–Crippen MR) is 73.9 cm³/mol. The van der Waals surface area contributed by atoms with Crippen molar-refractivity contribution < 1.29 is 0 Å². The maximum atomic E-state index is 6.05. The van der Waals surface area contributed by atoms with Crippen molar-refractivity contribution in [3.63, 3.8) is 0 Å². The second-order valence-corrected chi connectivity index (χ2v) is 5.85. The third kappa shape index (κ3) is 2.14. The highest BCUT2D eigenvalue weighted by molar-refractivity contribution is 5.37. The normalized spacial score (nSPS) is 28.7. The van der Waals surface area contributed by atoms with E-state index in [9.17, 15) is 0 Å². The number of aromatic nitrogens is 2. The van der Waals surface area contributed by atoms with E-state index in [-0.39, 0.29) is 0 Å². The van der Waals surface area contributed by atoms with Crippen molar-refractivity contribution in [2.75, 3.05) is 11.4 Å². The van der Waals surface area contributed by atoms with Crippen molar-refractivity contribution in [3.8, 4) is 0 Å². The lowest BCUT2D eigenvalue weighted by Gasteiger charge is -2.37. The summed E-state index contributed by atoms with van der Waals surface area (Å²) in [5.41, 5.74) is 7.27. The highest BCUT2D eigenvalue weighted by Crippen LogP contribution is 2.39. The van der Waals surface area contributed by atoms with Crippen molar-refractivity contribution in [2.24, 2.45) is 5.73 Å². The Morgan fingerprint density at radius 3 is 2.78 bits per heavy atom. The Labute approximate surface area is 109 Å². The van der Waals surface area contributed by atoms with E-state index in [1.54, 1.807) is 0 Å². The molecule has 0 spiro atoms. The van der Waals surface area contributed by atoms with Crippen LogP contribution in [-0.2, 0) is 6.42 Å². The van der Waals surface area contributed by atoms with Gasteiger partial charge in [-0.2, -0.15) is 0 Å². The number of hydrogen-bond acceptors (Lipinski definition) is 3. The van der Waals surface area contributed by atoms with Gasteiger partial charge in [0.2, 0.25) is 5.95 Å². The van der Waals surface area contributed by atoms with Crippen molar-refractivity contribution in [1.82, 2.24) is 9.55 Å². The summed E-state index contributed by atoms with van der Waals surface area (Å²) in [5.74, 6) is 1.19. The lowest BCUT2D eigenvalue weighted by atomic mass is 10.00. The molecule has 4 heteroatoms. The molecule has 2 atom stereocenters. The fraction of sp³-hybridized carbons (Fsp3) is 0.786. The fourth-order valence-corrected chi connectivity index (χ4v) is 2.94. The molecule has 2 unspecified atom stereocenters. The number of nitrogens with two attached hydrogens (primary N) is 1. The number of aryl methyl sites for hydroxylation is 1. The standard InChI is InChI=1S/C14H24N4/c1-3-12-9-18(13-4-5-13)14(16-12)17-7-6-11(15)8-10(17)2/h9-11,13H,3-8,15H2,1-2H3. The van der Waals surface area contributed by atoms with Gasteiger partial charge in [0.25, 0.3) is 0 Å². The molecule has 2 heterocycles. The van der Waals surface area contributed by atoms with Crippen LogP contribution in [0.2, 0.25) is 0 Å². The van der Waals surface area contributed by atoms with Crippen LogP contribution < -0.4 is 10.6 Å². The van der Waals surface area contributed by atoms with Crippen LogP contribution in [0.1, 0.15) is 51.3 Å². The summed E-state index contributed by atoms with van der Waals surface area (Å²) in [4.78, 5) is 7.30. The topological polar surface area (TPSA) is 47.1 Å². The molecule has 2 fully saturated rings. The van der Waals surface area contributed by atoms with E-state index < -0.39 is 0 Å². The zero-order chi connectivity index (χ0) is 12.7. The number of piperidine rings is 1. The number of nitrogens with zero attached hydrogens (tertiary/aromatic N) is 3. The van der Waals surface area contributed by atoms with Gasteiger partial charge in [-0.25, -0.2) is 4.98 Å². The molecule has 1 aliphatic carbocycles. The lowest BCUT2D eigenvalue weighted by Crippen LogP contribution is -2.46. The summed E-state index contributed by atoms with van der Waals surface area (Å²) >= 11 is 0. The van der Waals surface area contributed by atoms with Gasteiger partial charge in [-0.15, -0.1) is 0 Å². The molecule has 0 radical (unpaired) electrons. The van der Waals surface area contributed by atoms with Crippen molar-refractivity contribution >= 4 is 5.95 Å². The van der Waals surface area contributed by atoms with E-state index in [0.29, 0.717) is 18.1 Å². The van der Waals surface area contributed by atoms with Crippen LogP contribution in [0.4, 0.5) is 5.95 Å². The molecule has 0 amide bonds. The molecule has 2 aliphatic rings. The molecule has 1 saturated heterocycles. The lowest BCUT2D eigenvalue weighted by molar-refractivity contribution is 0.419. The first kappa shape index (κ1) is 12.0. The largest absolute Gasteiger partial charge is 0.339 e. The van der Waals surface area contributed by atoms with Crippen LogP contribution in [0.25, 0.3) is 0 Å². The summed E-state index contributed by atoms with van der Waals surface area (Å²) in [7, 11) is 0. The summed E-state index contributed by atoms with van der Waals surface area (Å²) < 4.78 is 2.41. The van der Waals surface area contributed by atoms with Gasteiger partial charge in [-0.3, -0.25) is 0 Å². The molecule has 2 N–H and O–H groups in total. The van der Waals surface area contributed by atoms with Crippen LogP contribution in [0.3, 0.4) is 0 Å². The average Bonchev–Trinajstić information content (AvgIpc) is 3.10. The number of anilines is 1. The summed E-state index contributed by atoms with van der Waals surface area (Å²) in [5, 5.41) is 0. The van der Waals surface area contributed by atoms with Gasteiger partial charge in [0, 0.05) is 30.9 Å². The van der Waals surface area contributed by atoms with E-state index in [1.165, 1.54) is 24.5 Å². The van der Waals surface area contributed by atoms with Gasteiger partial charge in [0.15, 0.2) is 0 Å². The number of rotatable bonds is 3.